The van der Waals surface area contributed by atoms with Gasteiger partial charge in [0.1, 0.15) is 6.54 Å². The van der Waals surface area contributed by atoms with E-state index in [0.717, 1.165) is 32.2 Å². The number of nitrogens with zero attached hydrogens (tertiary/aromatic N) is 3. The minimum absolute atomic E-state index is 0.125. The second kappa shape index (κ2) is 8.14. The third-order valence-electron chi connectivity index (χ3n) is 4.44. The first-order valence-electron chi connectivity index (χ1n) is 8.35. The molecule has 134 valence electrons. The second-order valence-electron chi connectivity index (χ2n) is 6.19. The predicted molar refractivity (Wildman–Crippen MR) is 90.8 cm³/mol. The zero-order valence-corrected chi connectivity index (χ0v) is 14.7. The molecule has 1 atom stereocenters. The van der Waals surface area contributed by atoms with Gasteiger partial charge in [0.15, 0.2) is 0 Å². The number of nitrogens with one attached hydrogen (secondary N) is 2. The molecule has 1 aromatic rings. The topological polar surface area (TPSA) is 88.5 Å². The van der Waals surface area contributed by atoms with Crippen LogP contribution in [0.3, 0.4) is 0 Å². The van der Waals surface area contributed by atoms with Crippen LogP contribution in [-0.4, -0.2) is 59.5 Å². The molecular weight excluding hydrogens is 310 g/mol. The molecule has 1 saturated heterocycles. The molecule has 2 rings (SSSR count). The molecular formula is C16H27N5O3. The van der Waals surface area contributed by atoms with Crippen LogP contribution in [-0.2, 0) is 16.1 Å². The smallest absolute Gasteiger partial charge is 0.322 e. The highest BCUT2D eigenvalue weighted by molar-refractivity contribution is 5.89. The zero-order chi connectivity index (χ0) is 17.6. The number of carbonyl (C=O) groups excluding carboxylic acids is 2. The maximum absolute atomic E-state index is 12.7. The molecule has 0 aromatic carbocycles. The van der Waals surface area contributed by atoms with E-state index in [1.807, 2.05) is 4.90 Å². The molecule has 2 N–H and O–H groups in total. The van der Waals surface area contributed by atoms with Gasteiger partial charge >= 0.3 is 6.03 Å². The van der Waals surface area contributed by atoms with Crippen molar-refractivity contribution in [2.24, 2.45) is 0 Å². The largest absolute Gasteiger partial charge is 0.382 e. The molecule has 0 aliphatic carbocycles. The lowest BCUT2D eigenvalue weighted by Crippen LogP contribution is -2.51. The van der Waals surface area contributed by atoms with Crippen LogP contribution in [0.2, 0.25) is 0 Å². The van der Waals surface area contributed by atoms with Crippen molar-refractivity contribution in [2.75, 3.05) is 32.6 Å². The second-order valence-corrected chi connectivity index (χ2v) is 6.19. The lowest BCUT2D eigenvalue weighted by atomic mass is 9.91. The maximum atomic E-state index is 12.7. The summed E-state index contributed by atoms with van der Waals surface area (Å²) in [6.45, 7) is 3.51. The Morgan fingerprint density at radius 2 is 2.25 bits per heavy atom. The van der Waals surface area contributed by atoms with E-state index in [2.05, 4.69) is 22.7 Å². The Morgan fingerprint density at radius 3 is 2.92 bits per heavy atom. The SMILES string of the molecule is CCCC1(COC)CCCN1C(=O)Nc1cnn(CC(=O)NC)c1. The first-order valence-corrected chi connectivity index (χ1v) is 8.35. The molecule has 3 amide bonds. The monoisotopic (exact) mass is 337 g/mol. The van der Waals surface area contributed by atoms with E-state index < -0.39 is 0 Å². The fourth-order valence-electron chi connectivity index (χ4n) is 3.40. The molecule has 24 heavy (non-hydrogen) atoms. The van der Waals surface area contributed by atoms with Gasteiger partial charge in [-0.05, 0) is 19.3 Å². The number of amides is 3. The maximum Gasteiger partial charge on any atom is 0.322 e. The molecule has 8 heteroatoms. The fourth-order valence-corrected chi connectivity index (χ4v) is 3.40. The summed E-state index contributed by atoms with van der Waals surface area (Å²) in [4.78, 5) is 26.0. The lowest BCUT2D eigenvalue weighted by Gasteiger charge is -2.38. The molecule has 1 unspecified atom stereocenters. The van der Waals surface area contributed by atoms with Crippen molar-refractivity contribution in [3.63, 3.8) is 0 Å². The summed E-state index contributed by atoms with van der Waals surface area (Å²) in [5.74, 6) is -0.141. The quantitative estimate of drug-likeness (QED) is 0.788. The van der Waals surface area contributed by atoms with Crippen molar-refractivity contribution in [1.29, 1.82) is 0 Å². The van der Waals surface area contributed by atoms with Crippen molar-refractivity contribution in [1.82, 2.24) is 20.0 Å². The summed E-state index contributed by atoms with van der Waals surface area (Å²) in [5, 5.41) is 9.51. The van der Waals surface area contributed by atoms with Crippen molar-refractivity contribution in [3.8, 4) is 0 Å². The Kier molecular flexibility index (Phi) is 6.19. The van der Waals surface area contributed by atoms with Crippen molar-refractivity contribution in [2.45, 2.75) is 44.7 Å². The molecule has 0 spiro atoms. The standard InChI is InChI=1S/C16H27N5O3/c1-4-6-16(12-24-3)7-5-8-21(16)15(23)19-13-9-18-20(10-13)11-14(22)17-2/h9-10H,4-8,11-12H2,1-3H3,(H,17,22)(H,19,23). The van der Waals surface area contributed by atoms with Crippen LogP contribution in [0.25, 0.3) is 0 Å². The van der Waals surface area contributed by atoms with Crippen LogP contribution >= 0.6 is 0 Å². The Bertz CT molecular complexity index is 566. The summed E-state index contributed by atoms with van der Waals surface area (Å²) in [6.07, 6.45) is 7.06. The highest BCUT2D eigenvalue weighted by Crippen LogP contribution is 2.34. The van der Waals surface area contributed by atoms with E-state index in [0.29, 0.717) is 12.3 Å². The average molecular weight is 337 g/mol. The van der Waals surface area contributed by atoms with E-state index in [9.17, 15) is 9.59 Å². The molecule has 1 aliphatic rings. The van der Waals surface area contributed by atoms with Crippen LogP contribution in [0, 0.1) is 0 Å². The molecule has 0 saturated carbocycles. The summed E-state index contributed by atoms with van der Waals surface area (Å²) < 4.78 is 6.88. The first-order chi connectivity index (χ1) is 11.5. The van der Waals surface area contributed by atoms with Crippen LogP contribution < -0.4 is 10.6 Å². The van der Waals surface area contributed by atoms with Gasteiger partial charge in [-0.3, -0.25) is 9.48 Å². The number of hydrogen-bond donors (Lipinski definition) is 2. The van der Waals surface area contributed by atoms with Gasteiger partial charge in [0.25, 0.3) is 0 Å². The van der Waals surface area contributed by atoms with Gasteiger partial charge < -0.3 is 20.3 Å². The molecule has 2 heterocycles. The Hall–Kier alpha value is -2.09. The highest BCUT2D eigenvalue weighted by atomic mass is 16.5. The summed E-state index contributed by atoms with van der Waals surface area (Å²) in [7, 11) is 3.25. The number of carbonyl (C=O) groups is 2. The van der Waals surface area contributed by atoms with E-state index in [1.165, 1.54) is 4.68 Å². The number of aromatic nitrogens is 2. The normalized spacial score (nSPS) is 20.2. The van der Waals surface area contributed by atoms with Gasteiger partial charge in [-0.2, -0.15) is 5.10 Å². The van der Waals surface area contributed by atoms with Gasteiger partial charge in [-0.15, -0.1) is 0 Å². The Labute approximate surface area is 142 Å². The number of ether oxygens (including phenoxy) is 1. The lowest BCUT2D eigenvalue weighted by molar-refractivity contribution is -0.121. The Balaban J connectivity index is 2.04. The van der Waals surface area contributed by atoms with Crippen LogP contribution in [0.1, 0.15) is 32.6 Å². The predicted octanol–water partition coefficient (Wildman–Crippen LogP) is 1.44. The Morgan fingerprint density at radius 1 is 1.46 bits per heavy atom. The zero-order valence-electron chi connectivity index (χ0n) is 14.7. The number of rotatable bonds is 7. The third kappa shape index (κ3) is 4.05. The number of methoxy groups -OCH3 is 1. The minimum Gasteiger partial charge on any atom is -0.382 e. The van der Waals surface area contributed by atoms with Gasteiger partial charge in [0.05, 0.1) is 24.0 Å². The van der Waals surface area contributed by atoms with Crippen molar-refractivity contribution in [3.05, 3.63) is 12.4 Å². The number of likely N-dealkylation sites (N-methyl/N-ethyl adjacent to an activating group) is 1. The van der Waals surface area contributed by atoms with E-state index in [1.54, 1.807) is 26.6 Å². The summed E-state index contributed by atoms with van der Waals surface area (Å²) >= 11 is 0. The van der Waals surface area contributed by atoms with Gasteiger partial charge in [0.2, 0.25) is 5.91 Å². The summed E-state index contributed by atoms with van der Waals surface area (Å²) in [5.41, 5.74) is 0.352. The molecule has 1 aliphatic heterocycles. The van der Waals surface area contributed by atoms with Crippen LogP contribution in [0.4, 0.5) is 10.5 Å². The number of urea groups is 1. The number of likely N-dealkylation sites (tertiary alicyclic amines) is 1. The number of anilines is 1. The van der Waals surface area contributed by atoms with Crippen molar-refractivity contribution < 1.29 is 14.3 Å². The summed E-state index contributed by atoms with van der Waals surface area (Å²) in [6, 6.07) is -0.141. The molecule has 1 aromatic heterocycles. The minimum atomic E-state index is -0.230. The van der Waals surface area contributed by atoms with E-state index >= 15 is 0 Å². The van der Waals surface area contributed by atoms with Crippen LogP contribution in [0.15, 0.2) is 12.4 Å². The third-order valence-corrected chi connectivity index (χ3v) is 4.44. The number of hydrogen-bond acceptors (Lipinski definition) is 4. The van der Waals surface area contributed by atoms with E-state index in [-0.39, 0.29) is 24.0 Å². The molecule has 8 nitrogen and oxygen atoms in total. The van der Waals surface area contributed by atoms with Gasteiger partial charge in [-0.1, -0.05) is 13.3 Å². The molecule has 0 radical (unpaired) electrons. The van der Waals surface area contributed by atoms with Crippen LogP contribution in [0.5, 0.6) is 0 Å². The van der Waals surface area contributed by atoms with E-state index in [4.69, 9.17) is 4.74 Å². The average Bonchev–Trinajstić information content (AvgIpc) is 3.15. The highest BCUT2D eigenvalue weighted by Gasteiger charge is 2.43. The van der Waals surface area contributed by atoms with Gasteiger partial charge in [0, 0.05) is 26.9 Å². The van der Waals surface area contributed by atoms with Crippen molar-refractivity contribution >= 4 is 17.6 Å². The fraction of sp³-hybridized carbons (Fsp3) is 0.688. The molecule has 0 bridgehead atoms. The molecule has 1 fully saturated rings. The first kappa shape index (κ1) is 18.3. The van der Waals surface area contributed by atoms with Gasteiger partial charge in [-0.25, -0.2) is 4.79 Å².